The zero-order valence-corrected chi connectivity index (χ0v) is 13.0. The van der Waals surface area contributed by atoms with Crippen LogP contribution in [-0.2, 0) is 16.0 Å². The van der Waals surface area contributed by atoms with Crippen molar-refractivity contribution in [3.8, 4) is 0 Å². The summed E-state index contributed by atoms with van der Waals surface area (Å²) in [6, 6.07) is 8.79. The van der Waals surface area contributed by atoms with E-state index in [-0.39, 0.29) is 0 Å². The molecule has 1 unspecified atom stereocenters. The third-order valence-electron chi connectivity index (χ3n) is 2.91. The molecule has 19 heavy (non-hydrogen) atoms. The van der Waals surface area contributed by atoms with Crippen LogP contribution < -0.4 is 0 Å². The Kier molecular flexibility index (Phi) is 9.87. The SMILES string of the molecule is CCC(C)COC=O.Cc1ccc(CC(C)C)cc1. The van der Waals surface area contributed by atoms with Crippen LogP contribution in [0.3, 0.4) is 0 Å². The molecule has 0 saturated heterocycles. The van der Waals surface area contributed by atoms with Crippen molar-refractivity contribution in [3.05, 3.63) is 35.4 Å². The van der Waals surface area contributed by atoms with Crippen molar-refractivity contribution in [1.82, 2.24) is 0 Å². The predicted molar refractivity (Wildman–Crippen MR) is 81.2 cm³/mol. The monoisotopic (exact) mass is 264 g/mol. The summed E-state index contributed by atoms with van der Waals surface area (Å²) >= 11 is 0. The minimum absolute atomic E-state index is 0.492. The van der Waals surface area contributed by atoms with Crippen LogP contribution in [-0.4, -0.2) is 13.1 Å². The van der Waals surface area contributed by atoms with Gasteiger partial charge in [-0.1, -0.05) is 63.9 Å². The number of carbonyl (C=O) groups is 1. The molecule has 0 spiro atoms. The molecule has 1 rings (SSSR count). The standard InChI is InChI=1S/C11H16.C6H12O2/c1-9(2)8-11-6-4-10(3)5-7-11;1-3-6(2)4-8-5-7/h4-7,9H,8H2,1-3H3;5-6H,3-4H2,1-2H3. The first kappa shape index (κ1) is 17.7. The van der Waals surface area contributed by atoms with Gasteiger partial charge in [0.15, 0.2) is 0 Å². The van der Waals surface area contributed by atoms with Crippen molar-refractivity contribution in [2.45, 2.75) is 47.5 Å². The second-order valence-electron chi connectivity index (χ2n) is 5.53. The van der Waals surface area contributed by atoms with Crippen molar-refractivity contribution < 1.29 is 9.53 Å². The molecule has 2 heteroatoms. The first-order valence-electron chi connectivity index (χ1n) is 7.10. The first-order chi connectivity index (χ1) is 8.99. The van der Waals surface area contributed by atoms with E-state index < -0.39 is 0 Å². The minimum atomic E-state index is 0.492. The van der Waals surface area contributed by atoms with E-state index in [0.717, 1.165) is 12.3 Å². The van der Waals surface area contributed by atoms with E-state index in [1.54, 1.807) is 0 Å². The van der Waals surface area contributed by atoms with Crippen LogP contribution in [0.1, 0.15) is 45.2 Å². The normalized spacial score (nSPS) is 11.5. The zero-order chi connectivity index (χ0) is 14.7. The summed E-state index contributed by atoms with van der Waals surface area (Å²) in [6.45, 7) is 11.8. The van der Waals surface area contributed by atoms with E-state index in [1.165, 1.54) is 17.5 Å². The molecule has 1 atom stereocenters. The number of rotatable bonds is 6. The molecule has 0 aliphatic rings. The zero-order valence-electron chi connectivity index (χ0n) is 13.0. The smallest absolute Gasteiger partial charge is 0.293 e. The van der Waals surface area contributed by atoms with Gasteiger partial charge in [0.1, 0.15) is 0 Å². The highest BCUT2D eigenvalue weighted by Crippen LogP contribution is 2.08. The van der Waals surface area contributed by atoms with Crippen molar-refractivity contribution in [2.24, 2.45) is 11.8 Å². The van der Waals surface area contributed by atoms with Crippen LogP contribution in [0.25, 0.3) is 0 Å². The van der Waals surface area contributed by atoms with Crippen molar-refractivity contribution in [1.29, 1.82) is 0 Å². The topological polar surface area (TPSA) is 26.3 Å². The fourth-order valence-electron chi connectivity index (χ4n) is 1.52. The highest BCUT2D eigenvalue weighted by Gasteiger charge is 1.96. The molecule has 0 aliphatic heterocycles. The quantitative estimate of drug-likeness (QED) is 0.712. The fraction of sp³-hybridized carbons (Fsp3) is 0.588. The molecule has 0 radical (unpaired) electrons. The summed E-state index contributed by atoms with van der Waals surface area (Å²) in [5.74, 6) is 1.26. The molecule has 0 N–H and O–H groups in total. The van der Waals surface area contributed by atoms with Gasteiger partial charge in [-0.3, -0.25) is 4.79 Å². The Labute approximate surface area is 118 Å². The van der Waals surface area contributed by atoms with Gasteiger partial charge in [0, 0.05) is 0 Å². The van der Waals surface area contributed by atoms with Crippen molar-refractivity contribution in [2.75, 3.05) is 6.61 Å². The maximum Gasteiger partial charge on any atom is 0.293 e. The van der Waals surface area contributed by atoms with E-state index in [9.17, 15) is 4.79 Å². The summed E-state index contributed by atoms with van der Waals surface area (Å²) in [5, 5.41) is 0. The van der Waals surface area contributed by atoms with E-state index >= 15 is 0 Å². The van der Waals surface area contributed by atoms with Crippen LogP contribution in [0.4, 0.5) is 0 Å². The Morgan fingerprint density at radius 3 is 2.16 bits per heavy atom. The lowest BCUT2D eigenvalue weighted by molar-refractivity contribution is -0.129. The Balaban J connectivity index is 0.000000362. The van der Waals surface area contributed by atoms with Gasteiger partial charge in [0.2, 0.25) is 0 Å². The summed E-state index contributed by atoms with van der Waals surface area (Å²) in [4.78, 5) is 9.60. The molecule has 0 amide bonds. The van der Waals surface area contributed by atoms with Crippen LogP contribution in [0.2, 0.25) is 0 Å². The molecule has 2 nitrogen and oxygen atoms in total. The van der Waals surface area contributed by atoms with E-state index in [1.807, 2.05) is 6.92 Å². The average molecular weight is 264 g/mol. The summed E-state index contributed by atoms with van der Waals surface area (Å²) in [7, 11) is 0. The minimum Gasteiger partial charge on any atom is -0.468 e. The molecule has 0 bridgehead atoms. The van der Waals surface area contributed by atoms with E-state index in [4.69, 9.17) is 0 Å². The molecule has 0 aliphatic carbocycles. The molecular weight excluding hydrogens is 236 g/mol. The third kappa shape index (κ3) is 10.3. The van der Waals surface area contributed by atoms with E-state index in [0.29, 0.717) is 19.0 Å². The lowest BCUT2D eigenvalue weighted by atomic mass is 10.0. The summed E-state index contributed by atoms with van der Waals surface area (Å²) in [6.07, 6.45) is 2.26. The second-order valence-corrected chi connectivity index (χ2v) is 5.53. The predicted octanol–water partition coefficient (Wildman–Crippen LogP) is 4.40. The average Bonchev–Trinajstić information content (AvgIpc) is 2.39. The largest absolute Gasteiger partial charge is 0.468 e. The first-order valence-corrected chi connectivity index (χ1v) is 7.10. The van der Waals surface area contributed by atoms with Gasteiger partial charge < -0.3 is 4.74 Å². The molecule has 0 saturated carbocycles. The second kappa shape index (κ2) is 10.6. The van der Waals surface area contributed by atoms with Crippen LogP contribution in [0.5, 0.6) is 0 Å². The Hall–Kier alpha value is -1.31. The number of hydrogen-bond acceptors (Lipinski definition) is 2. The highest BCUT2D eigenvalue weighted by atomic mass is 16.5. The van der Waals surface area contributed by atoms with Gasteiger partial charge in [0.05, 0.1) is 6.61 Å². The molecule has 0 heterocycles. The maximum atomic E-state index is 9.60. The molecule has 108 valence electrons. The molecule has 1 aromatic rings. The highest BCUT2D eigenvalue weighted by molar-refractivity contribution is 5.36. The van der Waals surface area contributed by atoms with Gasteiger partial charge >= 0.3 is 0 Å². The van der Waals surface area contributed by atoms with Gasteiger partial charge in [-0.25, -0.2) is 0 Å². The lowest BCUT2D eigenvalue weighted by Crippen LogP contribution is -2.02. The Morgan fingerprint density at radius 2 is 1.74 bits per heavy atom. The van der Waals surface area contributed by atoms with Crippen molar-refractivity contribution in [3.63, 3.8) is 0 Å². The van der Waals surface area contributed by atoms with Gasteiger partial charge in [-0.15, -0.1) is 0 Å². The van der Waals surface area contributed by atoms with E-state index in [2.05, 4.69) is 56.7 Å². The summed E-state index contributed by atoms with van der Waals surface area (Å²) < 4.78 is 4.51. The number of ether oxygens (including phenoxy) is 1. The molecule has 1 aromatic carbocycles. The molecule has 0 aromatic heterocycles. The number of aryl methyl sites for hydroxylation is 1. The van der Waals surface area contributed by atoms with Crippen LogP contribution in [0, 0.1) is 18.8 Å². The van der Waals surface area contributed by atoms with Gasteiger partial charge in [-0.2, -0.15) is 0 Å². The lowest BCUT2D eigenvalue weighted by Gasteiger charge is -2.04. The Bertz CT molecular complexity index is 328. The summed E-state index contributed by atoms with van der Waals surface area (Å²) in [5.41, 5.74) is 2.79. The van der Waals surface area contributed by atoms with Crippen LogP contribution >= 0.6 is 0 Å². The number of carbonyl (C=O) groups excluding carboxylic acids is 1. The maximum absolute atomic E-state index is 9.60. The third-order valence-corrected chi connectivity index (χ3v) is 2.91. The number of hydrogen-bond donors (Lipinski definition) is 0. The van der Waals surface area contributed by atoms with Gasteiger partial charge in [-0.05, 0) is 30.7 Å². The molecule has 0 fully saturated rings. The van der Waals surface area contributed by atoms with Crippen molar-refractivity contribution >= 4 is 6.47 Å². The fourth-order valence-corrected chi connectivity index (χ4v) is 1.52. The van der Waals surface area contributed by atoms with Crippen LogP contribution in [0.15, 0.2) is 24.3 Å². The number of benzene rings is 1. The Morgan fingerprint density at radius 1 is 1.16 bits per heavy atom. The molecular formula is C17H28O2. The van der Waals surface area contributed by atoms with Gasteiger partial charge in [0.25, 0.3) is 6.47 Å².